The Morgan fingerprint density at radius 3 is 0.952 bits per heavy atom. The van der Waals surface area contributed by atoms with Gasteiger partial charge in [-0.1, -0.05) is 13.8 Å². The Hall–Kier alpha value is -11.1. The first-order valence-corrected chi connectivity index (χ1v) is 24.2. The molecule has 0 radical (unpaired) electrons. The summed E-state index contributed by atoms with van der Waals surface area (Å²) in [5.41, 5.74) is 5.27. The maximum Gasteiger partial charge on any atom is 0.340 e. The van der Waals surface area contributed by atoms with E-state index >= 15 is 0 Å². The van der Waals surface area contributed by atoms with E-state index in [1.807, 2.05) is 13.8 Å². The van der Waals surface area contributed by atoms with E-state index in [4.69, 9.17) is 5.73 Å². The number of carbonyl (C=O) groups excluding carboxylic acids is 6. The Balaban J connectivity index is 0.000000181. The maximum atomic E-state index is 13.6. The molecule has 432 valence electrons. The van der Waals surface area contributed by atoms with Crippen molar-refractivity contribution in [1.29, 1.82) is 0 Å². The summed E-state index contributed by atoms with van der Waals surface area (Å²) >= 11 is 0. The van der Waals surface area contributed by atoms with E-state index in [0.29, 0.717) is 83.4 Å². The number of rotatable bonds is 15. The molecule has 0 aliphatic rings. The largest absolute Gasteiger partial charge is 0.465 e. The minimum atomic E-state index is -1.26. The van der Waals surface area contributed by atoms with Crippen molar-refractivity contribution in [3.05, 3.63) is 196 Å². The number of aryl methyl sites for hydroxylation is 2. The third kappa shape index (κ3) is 14.1. The maximum absolute atomic E-state index is 13.6. The van der Waals surface area contributed by atoms with E-state index in [1.54, 1.807) is 63.0 Å². The highest BCUT2D eigenvalue weighted by molar-refractivity contribution is 6.09. The van der Waals surface area contributed by atoms with Gasteiger partial charge in [-0.3, -0.25) is 28.1 Å². The van der Waals surface area contributed by atoms with Crippen molar-refractivity contribution < 1.29 is 69.3 Å². The van der Waals surface area contributed by atoms with Crippen molar-refractivity contribution in [2.45, 2.75) is 33.2 Å². The average molecular weight is 1160 g/mol. The molecular weight excluding hydrogens is 1120 g/mol. The number of ether oxygens (including phenoxy) is 3. The van der Waals surface area contributed by atoms with Crippen LogP contribution in [0.1, 0.15) is 93.1 Å². The first kappa shape index (κ1) is 60.5. The number of hydrogen-bond donors (Lipinski definition) is 4. The predicted molar refractivity (Wildman–Crippen MR) is 281 cm³/mol. The van der Waals surface area contributed by atoms with Crippen LogP contribution in [0.25, 0.3) is 17.5 Å². The molecule has 0 unspecified atom stereocenters. The van der Waals surface area contributed by atoms with Gasteiger partial charge in [-0.2, -0.15) is 0 Å². The van der Waals surface area contributed by atoms with Crippen molar-refractivity contribution in [3.63, 3.8) is 0 Å². The van der Waals surface area contributed by atoms with Crippen molar-refractivity contribution in [2.75, 3.05) is 37.3 Å². The Morgan fingerprint density at radius 2 is 0.702 bits per heavy atom. The summed E-state index contributed by atoms with van der Waals surface area (Å²) in [6, 6.07) is 8.90. The molecule has 0 saturated heterocycles. The van der Waals surface area contributed by atoms with E-state index in [-0.39, 0.29) is 57.4 Å². The van der Waals surface area contributed by atoms with Gasteiger partial charge in [0.25, 0.3) is 17.7 Å². The van der Waals surface area contributed by atoms with Gasteiger partial charge in [0.15, 0.2) is 69.4 Å². The number of benzene rings is 3. The summed E-state index contributed by atoms with van der Waals surface area (Å²) in [5.74, 6) is -11.2. The van der Waals surface area contributed by atoms with E-state index in [2.05, 4.69) is 75.7 Å². The average Bonchev–Trinajstić information content (AvgIpc) is 3.92. The first-order chi connectivity index (χ1) is 40.3. The lowest BCUT2D eigenvalue weighted by molar-refractivity contribution is 0.0592. The zero-order valence-electron chi connectivity index (χ0n) is 44.4. The number of nitrogens with zero attached hydrogens (tertiary/aromatic N) is 12. The quantitative estimate of drug-likeness (QED) is 0.0482. The normalized spacial score (nSPS) is 10.6. The minimum Gasteiger partial charge on any atom is -0.465 e. The van der Waals surface area contributed by atoms with Gasteiger partial charge in [-0.15, -0.1) is 30.6 Å². The van der Waals surface area contributed by atoms with Crippen LogP contribution in [0.3, 0.4) is 0 Å². The van der Waals surface area contributed by atoms with E-state index in [1.165, 1.54) is 25.0 Å². The second-order valence-corrected chi connectivity index (χ2v) is 16.8. The standard InChI is InChI=1S/2C18H15F2N5O3.C17H14F2N6O3/c2*1-3-10-6-15(25-5-4-21-9-25)23-24-16(10)17(26)22-14-8-13(20)12(19)7-11(14)18(27)28-2;1-28-17(27)10-5-11(18)12(19)6-13(10)22-16(26)15-9(7-20)4-14(23-24-15)25-3-2-21-8-25/h2*4-9H,3H2,1-2H3,(H,22,26);2-6,8H,7,20H2,1H3,(H,22,26). The van der Waals surface area contributed by atoms with Crippen LogP contribution >= 0.6 is 0 Å². The number of anilines is 3. The molecular formula is C53H44F6N16O9. The van der Waals surface area contributed by atoms with E-state index in [0.717, 1.165) is 21.3 Å². The molecule has 3 aromatic carbocycles. The number of carbonyl (C=O) groups is 6. The molecule has 9 aromatic rings. The number of imidazole rings is 3. The number of nitrogens with one attached hydrogen (secondary N) is 3. The van der Waals surface area contributed by atoms with Gasteiger partial charge < -0.3 is 35.9 Å². The summed E-state index contributed by atoms with van der Waals surface area (Å²) in [6.45, 7) is 3.60. The summed E-state index contributed by atoms with van der Waals surface area (Å²) in [6.07, 6.45) is 15.2. The van der Waals surface area contributed by atoms with Gasteiger partial charge >= 0.3 is 17.9 Å². The predicted octanol–water partition coefficient (Wildman–Crippen LogP) is 6.52. The number of nitrogens with two attached hydrogens (primary N) is 1. The van der Waals surface area contributed by atoms with Crippen LogP contribution in [0, 0.1) is 34.9 Å². The fourth-order valence-electron chi connectivity index (χ4n) is 7.42. The first-order valence-electron chi connectivity index (χ1n) is 24.2. The summed E-state index contributed by atoms with van der Waals surface area (Å²) in [5, 5.41) is 30.7. The molecule has 0 fully saturated rings. The summed E-state index contributed by atoms with van der Waals surface area (Å²) in [7, 11) is 3.25. The van der Waals surface area contributed by atoms with Gasteiger partial charge in [0.1, 0.15) is 19.0 Å². The highest BCUT2D eigenvalue weighted by atomic mass is 19.2. The lowest BCUT2D eigenvalue weighted by atomic mass is 10.1. The van der Waals surface area contributed by atoms with E-state index in [9.17, 15) is 55.1 Å². The third-order valence-electron chi connectivity index (χ3n) is 11.7. The monoisotopic (exact) mass is 1160 g/mol. The highest BCUT2D eigenvalue weighted by Crippen LogP contribution is 2.26. The number of amides is 3. The second kappa shape index (κ2) is 27.4. The third-order valence-corrected chi connectivity index (χ3v) is 11.7. The number of esters is 3. The molecule has 0 spiro atoms. The Bertz CT molecular complexity index is 3510. The zero-order chi connectivity index (χ0) is 60.8. The molecule has 0 atom stereocenters. The molecule has 6 heterocycles. The molecule has 0 aliphatic carbocycles. The van der Waals surface area contributed by atoms with Gasteiger partial charge in [0.2, 0.25) is 0 Å². The lowest BCUT2D eigenvalue weighted by Gasteiger charge is -2.12. The molecule has 5 N–H and O–H groups in total. The number of hydrogen-bond acceptors (Lipinski definition) is 19. The molecule has 0 saturated carbocycles. The number of halogens is 6. The minimum absolute atomic E-state index is 0.00749. The smallest absolute Gasteiger partial charge is 0.340 e. The summed E-state index contributed by atoms with van der Waals surface area (Å²) < 4.78 is 99.7. The van der Waals surface area contributed by atoms with Crippen LogP contribution in [0.4, 0.5) is 43.4 Å². The topological polar surface area (TPSA) is 323 Å². The summed E-state index contributed by atoms with van der Waals surface area (Å²) in [4.78, 5) is 85.1. The molecule has 31 heteroatoms. The molecule has 9 rings (SSSR count). The van der Waals surface area contributed by atoms with Crippen LogP contribution in [0.5, 0.6) is 0 Å². The molecule has 3 amide bonds. The fourth-order valence-corrected chi connectivity index (χ4v) is 7.42. The van der Waals surface area contributed by atoms with Crippen molar-refractivity contribution in [1.82, 2.24) is 59.2 Å². The zero-order valence-corrected chi connectivity index (χ0v) is 44.4. The van der Waals surface area contributed by atoms with Crippen LogP contribution < -0.4 is 21.7 Å². The van der Waals surface area contributed by atoms with Crippen LogP contribution in [0.15, 0.2) is 111 Å². The van der Waals surface area contributed by atoms with Crippen LogP contribution in [-0.2, 0) is 33.6 Å². The Kier molecular flexibility index (Phi) is 19.7. The van der Waals surface area contributed by atoms with Crippen molar-refractivity contribution in [3.8, 4) is 17.5 Å². The van der Waals surface area contributed by atoms with Gasteiger partial charge in [-0.25, -0.2) is 55.7 Å². The van der Waals surface area contributed by atoms with Crippen LogP contribution in [-0.4, -0.2) is 116 Å². The SMILES string of the molecule is CCc1cc(-n2ccnc2)nnc1C(=O)Nc1cc(F)c(F)cc1C(=O)OC.CCc1cc(-n2ccnc2)nnc1C(=O)Nc1cc(F)c(F)cc1C(=O)OC.COC(=O)c1cc(F)c(F)cc1NC(=O)c1nnc(-n2ccnc2)cc1CN. The Labute approximate surface area is 469 Å². The molecule has 0 aliphatic heterocycles. The highest BCUT2D eigenvalue weighted by Gasteiger charge is 2.25. The molecule has 6 aromatic heterocycles. The Morgan fingerprint density at radius 1 is 0.429 bits per heavy atom. The van der Waals surface area contributed by atoms with Gasteiger partial charge in [0, 0.05) is 67.5 Å². The van der Waals surface area contributed by atoms with E-state index < -0.39 is 70.5 Å². The van der Waals surface area contributed by atoms with Crippen molar-refractivity contribution >= 4 is 52.7 Å². The van der Waals surface area contributed by atoms with Gasteiger partial charge in [0.05, 0.1) is 55.1 Å². The lowest BCUT2D eigenvalue weighted by Crippen LogP contribution is -2.21. The van der Waals surface area contributed by atoms with Gasteiger partial charge in [-0.05, 0) is 60.4 Å². The molecule has 84 heavy (non-hydrogen) atoms. The second-order valence-electron chi connectivity index (χ2n) is 16.8. The molecule has 25 nitrogen and oxygen atoms in total. The fraction of sp³-hybridized carbons (Fsp3) is 0.151. The number of methoxy groups -OCH3 is 3. The van der Waals surface area contributed by atoms with Crippen molar-refractivity contribution in [2.24, 2.45) is 5.73 Å². The molecule has 0 bridgehead atoms. The number of aromatic nitrogens is 12. The van der Waals surface area contributed by atoms with Crippen LogP contribution in [0.2, 0.25) is 0 Å².